The van der Waals surface area contributed by atoms with Crippen LogP contribution in [0.5, 0.6) is 5.88 Å². The van der Waals surface area contributed by atoms with E-state index in [1.807, 2.05) is 31.3 Å². The highest BCUT2D eigenvalue weighted by atomic mass is 16.5. The normalized spacial score (nSPS) is 20.9. The molecule has 1 saturated carbocycles. The minimum Gasteiger partial charge on any atom is -0.481 e. The predicted octanol–water partition coefficient (Wildman–Crippen LogP) is 3.85. The Morgan fingerprint density at radius 1 is 1.25 bits per heavy atom. The summed E-state index contributed by atoms with van der Waals surface area (Å²) in [7, 11) is 0. The Morgan fingerprint density at radius 3 is 2.75 bits per heavy atom. The van der Waals surface area contributed by atoms with E-state index in [4.69, 9.17) is 9.84 Å². The van der Waals surface area contributed by atoms with Gasteiger partial charge in [0.05, 0.1) is 23.6 Å². The summed E-state index contributed by atoms with van der Waals surface area (Å²) in [4.78, 5) is 20.0. The number of aryl methyl sites for hydroxylation is 1. The first kappa shape index (κ1) is 16.7. The smallest absolute Gasteiger partial charge is 0.306 e. The van der Waals surface area contributed by atoms with Crippen LogP contribution in [0.4, 0.5) is 0 Å². The molecule has 0 saturated heterocycles. The number of carboxylic acid groups (broad SMARTS) is 1. The molecular weight excluding hydrogens is 304 g/mol. The fraction of sp³-hybridized carbons (Fsp3) is 0.526. The summed E-state index contributed by atoms with van der Waals surface area (Å²) in [6, 6.07) is 5.85. The van der Waals surface area contributed by atoms with E-state index in [2.05, 4.69) is 9.97 Å². The lowest BCUT2D eigenvalue weighted by molar-refractivity contribution is -0.143. The zero-order valence-electron chi connectivity index (χ0n) is 14.1. The molecule has 1 aliphatic rings. The van der Waals surface area contributed by atoms with E-state index in [1.54, 1.807) is 0 Å². The predicted molar refractivity (Wildman–Crippen MR) is 92.1 cm³/mol. The lowest BCUT2D eigenvalue weighted by Crippen LogP contribution is -2.21. The molecule has 24 heavy (non-hydrogen) atoms. The number of carboxylic acids is 1. The molecule has 0 spiro atoms. The lowest BCUT2D eigenvalue weighted by Gasteiger charge is -2.26. The van der Waals surface area contributed by atoms with Crippen molar-refractivity contribution in [3.63, 3.8) is 0 Å². The van der Waals surface area contributed by atoms with E-state index in [1.165, 1.54) is 5.56 Å². The molecule has 0 aromatic carbocycles. The average Bonchev–Trinajstić information content (AvgIpc) is 2.60. The summed E-state index contributed by atoms with van der Waals surface area (Å²) < 4.78 is 5.50. The molecule has 5 heteroatoms. The first-order chi connectivity index (χ1) is 11.7. The van der Waals surface area contributed by atoms with Crippen molar-refractivity contribution in [1.29, 1.82) is 0 Å². The molecule has 5 nitrogen and oxygen atoms in total. The highest BCUT2D eigenvalue weighted by Gasteiger charge is 2.25. The maximum atomic E-state index is 11.0. The number of aromatic nitrogens is 2. The van der Waals surface area contributed by atoms with Gasteiger partial charge in [-0.3, -0.25) is 9.78 Å². The summed E-state index contributed by atoms with van der Waals surface area (Å²) in [5.41, 5.74) is 3.01. The third-order valence-electron chi connectivity index (χ3n) is 4.95. The molecule has 2 aromatic rings. The van der Waals surface area contributed by atoms with Gasteiger partial charge in [-0.05, 0) is 69.1 Å². The third-order valence-corrected chi connectivity index (χ3v) is 4.95. The Bertz CT molecular complexity index is 709. The van der Waals surface area contributed by atoms with Gasteiger partial charge in [-0.1, -0.05) is 0 Å². The summed E-state index contributed by atoms with van der Waals surface area (Å²) in [5.74, 6) is 0.472. The second kappa shape index (κ2) is 7.60. The zero-order valence-corrected chi connectivity index (χ0v) is 14.1. The molecule has 128 valence electrons. The number of ether oxygens (including phenoxy) is 1. The molecule has 0 radical (unpaired) electrons. The molecule has 1 fully saturated rings. The fourth-order valence-corrected chi connectivity index (χ4v) is 3.55. The minimum atomic E-state index is -0.638. The second-order valence-electron chi connectivity index (χ2n) is 6.51. The lowest BCUT2D eigenvalue weighted by atomic mass is 9.79. The van der Waals surface area contributed by atoms with E-state index in [0.29, 0.717) is 18.4 Å². The van der Waals surface area contributed by atoms with Gasteiger partial charge in [0.25, 0.3) is 0 Å². The van der Waals surface area contributed by atoms with Crippen LogP contribution in [0.1, 0.15) is 44.6 Å². The van der Waals surface area contributed by atoms with Crippen molar-refractivity contribution < 1.29 is 14.6 Å². The van der Waals surface area contributed by atoms with Crippen LogP contribution >= 0.6 is 0 Å². The largest absolute Gasteiger partial charge is 0.481 e. The van der Waals surface area contributed by atoms with Crippen LogP contribution in [0.15, 0.2) is 24.4 Å². The van der Waals surface area contributed by atoms with Crippen LogP contribution in [0.2, 0.25) is 0 Å². The van der Waals surface area contributed by atoms with Crippen LogP contribution in [0.25, 0.3) is 11.0 Å². The number of pyridine rings is 2. The van der Waals surface area contributed by atoms with E-state index < -0.39 is 5.97 Å². The summed E-state index contributed by atoms with van der Waals surface area (Å²) in [5, 5.41) is 9.09. The minimum absolute atomic E-state index is 0.140. The quantitative estimate of drug-likeness (QED) is 0.872. The molecular formula is C19H24N2O3. The Kier molecular flexibility index (Phi) is 5.28. The van der Waals surface area contributed by atoms with Gasteiger partial charge in [0.15, 0.2) is 0 Å². The molecule has 0 unspecified atom stereocenters. The number of carbonyl (C=O) groups is 1. The van der Waals surface area contributed by atoms with Crippen molar-refractivity contribution >= 4 is 17.0 Å². The number of aliphatic carboxylic acids is 1. The average molecular weight is 328 g/mol. The monoisotopic (exact) mass is 328 g/mol. The Labute approximate surface area is 142 Å². The highest BCUT2D eigenvalue weighted by Crippen LogP contribution is 2.32. The van der Waals surface area contributed by atoms with Gasteiger partial charge in [-0.15, -0.1) is 0 Å². The Hall–Kier alpha value is -2.17. The second-order valence-corrected chi connectivity index (χ2v) is 6.51. The number of nitrogens with zero attached hydrogens (tertiary/aromatic N) is 2. The standard InChI is InChI=1S/C19H24N2O3/c1-2-24-17-10-9-16-18(21-17)14(11-12-20-16)6-3-13-4-7-15(8-5-13)19(22)23/h9-13,15H,2-8H2,1H3,(H,22,23). The van der Waals surface area contributed by atoms with Crippen LogP contribution in [0, 0.1) is 11.8 Å². The van der Waals surface area contributed by atoms with Gasteiger partial charge < -0.3 is 9.84 Å². The number of fused-ring (bicyclic) bond motifs is 1. The van der Waals surface area contributed by atoms with E-state index in [9.17, 15) is 4.79 Å². The number of rotatable bonds is 6. The summed E-state index contributed by atoms with van der Waals surface area (Å²) >= 11 is 0. The fourth-order valence-electron chi connectivity index (χ4n) is 3.55. The van der Waals surface area contributed by atoms with Crippen molar-refractivity contribution in [2.24, 2.45) is 11.8 Å². The van der Waals surface area contributed by atoms with Crippen molar-refractivity contribution in [2.75, 3.05) is 6.61 Å². The van der Waals surface area contributed by atoms with E-state index in [-0.39, 0.29) is 5.92 Å². The van der Waals surface area contributed by atoms with Gasteiger partial charge in [-0.2, -0.15) is 0 Å². The number of hydrogen-bond acceptors (Lipinski definition) is 4. The van der Waals surface area contributed by atoms with Crippen molar-refractivity contribution in [3.05, 3.63) is 30.0 Å². The zero-order chi connectivity index (χ0) is 16.9. The van der Waals surface area contributed by atoms with Crippen molar-refractivity contribution in [1.82, 2.24) is 9.97 Å². The van der Waals surface area contributed by atoms with E-state index in [0.717, 1.165) is 49.6 Å². The van der Waals surface area contributed by atoms with Gasteiger partial charge >= 0.3 is 5.97 Å². The molecule has 1 aliphatic carbocycles. The molecule has 0 aliphatic heterocycles. The molecule has 0 atom stereocenters. The van der Waals surface area contributed by atoms with E-state index >= 15 is 0 Å². The molecule has 2 aromatic heterocycles. The van der Waals surface area contributed by atoms with Crippen molar-refractivity contribution in [3.8, 4) is 5.88 Å². The first-order valence-corrected chi connectivity index (χ1v) is 8.77. The van der Waals surface area contributed by atoms with Gasteiger partial charge in [0.1, 0.15) is 0 Å². The topological polar surface area (TPSA) is 72.3 Å². The number of hydrogen-bond donors (Lipinski definition) is 1. The third kappa shape index (κ3) is 3.83. The van der Waals surface area contributed by atoms with Crippen LogP contribution in [-0.2, 0) is 11.2 Å². The first-order valence-electron chi connectivity index (χ1n) is 8.77. The van der Waals surface area contributed by atoms with Crippen LogP contribution in [0.3, 0.4) is 0 Å². The molecule has 1 N–H and O–H groups in total. The van der Waals surface area contributed by atoms with Gasteiger partial charge in [0.2, 0.25) is 5.88 Å². The van der Waals surface area contributed by atoms with Crippen molar-refractivity contribution in [2.45, 2.75) is 45.4 Å². The van der Waals surface area contributed by atoms with Gasteiger partial charge in [0, 0.05) is 12.3 Å². The highest BCUT2D eigenvalue weighted by molar-refractivity contribution is 5.78. The van der Waals surface area contributed by atoms with Crippen LogP contribution < -0.4 is 4.74 Å². The van der Waals surface area contributed by atoms with Gasteiger partial charge in [-0.25, -0.2) is 4.98 Å². The molecule has 0 bridgehead atoms. The Balaban J connectivity index is 1.67. The SMILES string of the molecule is CCOc1ccc2nccc(CCC3CCC(C(=O)O)CC3)c2n1. The summed E-state index contributed by atoms with van der Waals surface area (Å²) in [6.07, 6.45) is 7.50. The maximum absolute atomic E-state index is 11.0. The van der Waals surface area contributed by atoms with Crippen LogP contribution in [-0.4, -0.2) is 27.7 Å². The molecule has 0 amide bonds. The summed E-state index contributed by atoms with van der Waals surface area (Å²) in [6.45, 7) is 2.55. The molecule has 3 rings (SSSR count). The maximum Gasteiger partial charge on any atom is 0.306 e. The Morgan fingerprint density at radius 2 is 2.04 bits per heavy atom. The molecule has 2 heterocycles.